The van der Waals surface area contributed by atoms with Crippen molar-refractivity contribution in [3.63, 3.8) is 0 Å². The first-order valence-corrected chi connectivity index (χ1v) is 11.0. The summed E-state index contributed by atoms with van der Waals surface area (Å²) >= 11 is 0. The molecule has 4 rings (SSSR count). The number of rotatable bonds is 5. The number of hydrogen-bond acceptors (Lipinski definition) is 3. The number of nitrogens with zero attached hydrogens (tertiary/aromatic N) is 3. The Bertz CT molecular complexity index is 686. The molecule has 0 aromatic heterocycles. The monoisotopic (exact) mass is 383 g/mol. The van der Waals surface area contributed by atoms with Gasteiger partial charge in [0.1, 0.15) is 0 Å². The average Bonchev–Trinajstić information content (AvgIpc) is 3.25. The molecule has 0 unspecified atom stereocenters. The van der Waals surface area contributed by atoms with E-state index in [0.717, 1.165) is 65.1 Å². The lowest BCUT2D eigenvalue weighted by atomic mass is 9.73. The fourth-order valence-corrected chi connectivity index (χ4v) is 5.26. The summed E-state index contributed by atoms with van der Waals surface area (Å²) in [7, 11) is 0. The van der Waals surface area contributed by atoms with Gasteiger partial charge in [-0.15, -0.1) is 0 Å². The van der Waals surface area contributed by atoms with Gasteiger partial charge in [-0.05, 0) is 44.2 Å². The zero-order chi connectivity index (χ0) is 19.4. The third kappa shape index (κ3) is 4.57. The first-order valence-electron chi connectivity index (χ1n) is 11.0. The molecule has 28 heavy (non-hydrogen) atoms. The number of benzene rings is 1. The SMILES string of the molecule is O=C(CCN1CCC[C@]2(CCC(=O)N(Cc3ccccc3)C2)C1)N1CCCC1. The van der Waals surface area contributed by atoms with Crippen LogP contribution in [0.15, 0.2) is 30.3 Å². The Labute approximate surface area is 168 Å². The first-order chi connectivity index (χ1) is 13.6. The van der Waals surface area contributed by atoms with Crippen LogP contribution >= 0.6 is 0 Å². The largest absolute Gasteiger partial charge is 0.343 e. The summed E-state index contributed by atoms with van der Waals surface area (Å²) in [6.45, 7) is 6.44. The zero-order valence-corrected chi connectivity index (χ0v) is 16.9. The molecular weight excluding hydrogens is 350 g/mol. The van der Waals surface area contributed by atoms with Crippen molar-refractivity contribution in [2.24, 2.45) is 5.41 Å². The number of carbonyl (C=O) groups excluding carboxylic acids is 2. The predicted octanol–water partition coefficient (Wildman–Crippen LogP) is 2.90. The maximum Gasteiger partial charge on any atom is 0.223 e. The van der Waals surface area contributed by atoms with Gasteiger partial charge in [0.05, 0.1) is 0 Å². The maximum absolute atomic E-state index is 12.5. The molecule has 0 saturated carbocycles. The number of likely N-dealkylation sites (tertiary alicyclic amines) is 3. The third-order valence-electron chi connectivity index (χ3n) is 6.81. The van der Waals surface area contributed by atoms with Crippen molar-refractivity contribution in [3.8, 4) is 0 Å². The lowest BCUT2D eigenvalue weighted by molar-refractivity contribution is -0.140. The van der Waals surface area contributed by atoms with Gasteiger partial charge < -0.3 is 14.7 Å². The maximum atomic E-state index is 12.5. The summed E-state index contributed by atoms with van der Waals surface area (Å²) in [5, 5.41) is 0. The van der Waals surface area contributed by atoms with Gasteiger partial charge in [0.15, 0.2) is 0 Å². The molecule has 3 fully saturated rings. The van der Waals surface area contributed by atoms with Crippen LogP contribution in [0, 0.1) is 5.41 Å². The number of amides is 2. The molecule has 5 nitrogen and oxygen atoms in total. The first kappa shape index (κ1) is 19.4. The van der Waals surface area contributed by atoms with Crippen LogP contribution in [0.4, 0.5) is 0 Å². The summed E-state index contributed by atoms with van der Waals surface area (Å²) in [6, 6.07) is 10.3. The van der Waals surface area contributed by atoms with E-state index in [-0.39, 0.29) is 11.3 Å². The second-order valence-electron chi connectivity index (χ2n) is 8.95. The molecule has 1 atom stereocenters. The number of carbonyl (C=O) groups is 2. The van der Waals surface area contributed by atoms with E-state index in [1.807, 2.05) is 23.1 Å². The fourth-order valence-electron chi connectivity index (χ4n) is 5.26. The molecule has 3 aliphatic heterocycles. The molecular formula is C23H33N3O2. The molecule has 2 amide bonds. The third-order valence-corrected chi connectivity index (χ3v) is 6.81. The number of piperidine rings is 2. The van der Waals surface area contributed by atoms with Crippen LogP contribution in [-0.2, 0) is 16.1 Å². The highest BCUT2D eigenvalue weighted by molar-refractivity contribution is 5.77. The van der Waals surface area contributed by atoms with Crippen molar-refractivity contribution in [1.82, 2.24) is 14.7 Å². The topological polar surface area (TPSA) is 43.9 Å². The van der Waals surface area contributed by atoms with E-state index in [2.05, 4.69) is 21.9 Å². The summed E-state index contributed by atoms with van der Waals surface area (Å²) in [5.41, 5.74) is 1.41. The van der Waals surface area contributed by atoms with E-state index in [9.17, 15) is 9.59 Å². The van der Waals surface area contributed by atoms with Gasteiger partial charge in [0, 0.05) is 57.5 Å². The summed E-state index contributed by atoms with van der Waals surface area (Å²) < 4.78 is 0. The van der Waals surface area contributed by atoms with Crippen LogP contribution in [0.3, 0.4) is 0 Å². The highest BCUT2D eigenvalue weighted by Crippen LogP contribution is 2.39. The second-order valence-corrected chi connectivity index (χ2v) is 8.95. The Balaban J connectivity index is 1.34. The molecule has 3 aliphatic rings. The minimum atomic E-state index is 0.206. The molecule has 0 aliphatic carbocycles. The van der Waals surface area contributed by atoms with Crippen LogP contribution in [0.2, 0.25) is 0 Å². The summed E-state index contributed by atoms with van der Waals surface area (Å²) in [4.78, 5) is 31.5. The normalized spacial score (nSPS) is 26.2. The van der Waals surface area contributed by atoms with Crippen LogP contribution in [-0.4, -0.2) is 65.8 Å². The van der Waals surface area contributed by atoms with Gasteiger partial charge in [0.2, 0.25) is 11.8 Å². The van der Waals surface area contributed by atoms with E-state index in [1.165, 1.54) is 18.4 Å². The second kappa shape index (κ2) is 8.64. The van der Waals surface area contributed by atoms with Gasteiger partial charge in [-0.25, -0.2) is 0 Å². The zero-order valence-electron chi connectivity index (χ0n) is 16.9. The molecule has 1 aromatic carbocycles. The average molecular weight is 384 g/mol. The van der Waals surface area contributed by atoms with Crippen LogP contribution < -0.4 is 0 Å². The predicted molar refractivity (Wildman–Crippen MR) is 110 cm³/mol. The van der Waals surface area contributed by atoms with Crippen molar-refractivity contribution >= 4 is 11.8 Å². The smallest absolute Gasteiger partial charge is 0.223 e. The van der Waals surface area contributed by atoms with Gasteiger partial charge in [-0.1, -0.05) is 30.3 Å². The van der Waals surface area contributed by atoms with Crippen molar-refractivity contribution in [2.75, 3.05) is 39.3 Å². The van der Waals surface area contributed by atoms with Gasteiger partial charge in [0.25, 0.3) is 0 Å². The van der Waals surface area contributed by atoms with Crippen molar-refractivity contribution in [2.45, 2.75) is 51.5 Å². The Morgan fingerprint density at radius 2 is 1.75 bits per heavy atom. The van der Waals surface area contributed by atoms with E-state index in [0.29, 0.717) is 18.7 Å². The van der Waals surface area contributed by atoms with E-state index < -0.39 is 0 Å². The molecule has 152 valence electrons. The van der Waals surface area contributed by atoms with Gasteiger partial charge in [-0.2, -0.15) is 0 Å². The Morgan fingerprint density at radius 3 is 2.54 bits per heavy atom. The van der Waals surface area contributed by atoms with Crippen molar-refractivity contribution in [3.05, 3.63) is 35.9 Å². The van der Waals surface area contributed by atoms with Crippen LogP contribution in [0.5, 0.6) is 0 Å². The molecule has 5 heteroatoms. The van der Waals surface area contributed by atoms with Crippen LogP contribution in [0.25, 0.3) is 0 Å². The van der Waals surface area contributed by atoms with Crippen LogP contribution in [0.1, 0.15) is 50.5 Å². The highest BCUT2D eigenvalue weighted by Gasteiger charge is 2.41. The number of hydrogen-bond donors (Lipinski definition) is 0. The Morgan fingerprint density at radius 1 is 0.964 bits per heavy atom. The van der Waals surface area contributed by atoms with E-state index in [4.69, 9.17) is 0 Å². The lowest BCUT2D eigenvalue weighted by Gasteiger charge is -2.48. The molecule has 0 radical (unpaired) electrons. The molecule has 1 aromatic rings. The minimum absolute atomic E-state index is 0.206. The highest BCUT2D eigenvalue weighted by atomic mass is 16.2. The van der Waals surface area contributed by atoms with Crippen molar-refractivity contribution < 1.29 is 9.59 Å². The Kier molecular flexibility index (Phi) is 6.00. The lowest BCUT2D eigenvalue weighted by Crippen LogP contribution is -2.54. The fraction of sp³-hybridized carbons (Fsp3) is 0.652. The molecule has 1 spiro atoms. The van der Waals surface area contributed by atoms with Gasteiger partial charge in [-0.3, -0.25) is 9.59 Å². The summed E-state index contributed by atoms with van der Waals surface area (Å²) in [6.07, 6.45) is 6.98. The van der Waals surface area contributed by atoms with E-state index in [1.54, 1.807) is 0 Å². The van der Waals surface area contributed by atoms with Gasteiger partial charge >= 0.3 is 0 Å². The molecule has 3 saturated heterocycles. The van der Waals surface area contributed by atoms with E-state index >= 15 is 0 Å². The minimum Gasteiger partial charge on any atom is -0.343 e. The summed E-state index contributed by atoms with van der Waals surface area (Å²) in [5.74, 6) is 0.609. The Hall–Kier alpha value is -1.88. The molecule has 0 bridgehead atoms. The van der Waals surface area contributed by atoms with Crippen molar-refractivity contribution in [1.29, 1.82) is 0 Å². The standard InChI is InChI=1S/C23H33N3O2/c27-21-9-12-23(19-26(21)17-20-7-2-1-3-8-20)11-6-13-24(18-23)16-10-22(28)25-14-4-5-15-25/h1-3,7-8H,4-6,9-19H2/t23-/m0/s1. The molecule has 0 N–H and O–H groups in total. The molecule has 3 heterocycles. The quantitative estimate of drug-likeness (QED) is 0.785.